The van der Waals surface area contributed by atoms with E-state index in [1.54, 1.807) is 4.90 Å². The summed E-state index contributed by atoms with van der Waals surface area (Å²) in [6, 6.07) is 6.57. The maximum atomic E-state index is 15.1. The van der Waals surface area contributed by atoms with Crippen LogP contribution in [0.25, 0.3) is 10.9 Å². The number of aromatic nitrogens is 2. The van der Waals surface area contributed by atoms with Gasteiger partial charge in [0.1, 0.15) is 11.3 Å². The molecule has 1 atom stereocenters. The highest BCUT2D eigenvalue weighted by molar-refractivity contribution is 5.92. The predicted molar refractivity (Wildman–Crippen MR) is 129 cm³/mol. The topological polar surface area (TPSA) is 120 Å². The van der Waals surface area contributed by atoms with Crippen LogP contribution in [0.3, 0.4) is 0 Å². The number of benzene rings is 2. The molecule has 0 radical (unpaired) electrons. The van der Waals surface area contributed by atoms with E-state index in [1.165, 1.54) is 44.6 Å². The van der Waals surface area contributed by atoms with Crippen LogP contribution in [-0.4, -0.2) is 61.2 Å². The molecule has 1 amide bonds. The molecule has 4 N–H and O–H groups in total. The predicted octanol–water partition coefficient (Wildman–Crippen LogP) is 3.04. The van der Waals surface area contributed by atoms with Gasteiger partial charge in [0.05, 0.1) is 14.2 Å². The number of carbonyl (C=O) groups is 1. The summed E-state index contributed by atoms with van der Waals surface area (Å²) in [6.07, 6.45) is -2.52. The average Bonchev–Trinajstić information content (AvgIpc) is 2.88. The zero-order chi connectivity index (χ0) is 26.0. The molecule has 0 bridgehead atoms. The summed E-state index contributed by atoms with van der Waals surface area (Å²) in [5, 5.41) is 0.304. The number of nitrogen functional groups attached to an aromatic ring is 1. The number of halogens is 3. The van der Waals surface area contributed by atoms with E-state index in [9.17, 15) is 13.6 Å². The summed E-state index contributed by atoms with van der Waals surface area (Å²) in [7, 11) is 2.73. The van der Waals surface area contributed by atoms with Crippen LogP contribution < -0.4 is 25.8 Å². The van der Waals surface area contributed by atoms with Gasteiger partial charge in [0.2, 0.25) is 11.9 Å². The lowest BCUT2D eigenvalue weighted by molar-refractivity contribution is -0.131. The van der Waals surface area contributed by atoms with E-state index >= 15 is 4.39 Å². The van der Waals surface area contributed by atoms with Crippen molar-refractivity contribution in [1.29, 1.82) is 0 Å². The molecule has 192 valence electrons. The lowest BCUT2D eigenvalue weighted by atomic mass is 10.0. The summed E-state index contributed by atoms with van der Waals surface area (Å²) in [6.45, 7) is 1.57. The number of carbonyl (C=O) groups excluding carboxylic acids is 1. The van der Waals surface area contributed by atoms with Gasteiger partial charge in [0.15, 0.2) is 17.3 Å². The van der Waals surface area contributed by atoms with Crippen molar-refractivity contribution in [2.75, 3.05) is 51.0 Å². The number of rotatable bonds is 7. The standard InChI is InChI=1S/C24H27F3N6O3/c1-35-17-11-15-20(19(25)21(17)36-2)30-24(31-23(15)29)33-9-7-32(8-10-33)18(34)12-16(28)13-3-5-14(6-4-13)22(26)27/h3-6,11,16,22H,7-10,12,28H2,1-2H3,(H2,29,30,31). The number of alkyl halides is 2. The fraction of sp³-hybridized carbons (Fsp3) is 0.375. The molecule has 1 fully saturated rings. The lowest BCUT2D eigenvalue weighted by Gasteiger charge is -2.35. The van der Waals surface area contributed by atoms with Crippen molar-refractivity contribution in [1.82, 2.24) is 14.9 Å². The van der Waals surface area contributed by atoms with Crippen molar-refractivity contribution in [3.63, 3.8) is 0 Å². The molecule has 4 rings (SSSR count). The summed E-state index contributed by atoms with van der Waals surface area (Å²) in [5.41, 5.74) is 12.8. The molecule has 2 heterocycles. The van der Waals surface area contributed by atoms with Crippen LogP contribution in [0.1, 0.15) is 30.0 Å². The zero-order valence-corrected chi connectivity index (χ0v) is 19.9. The lowest BCUT2D eigenvalue weighted by Crippen LogP contribution is -2.49. The molecule has 1 aliphatic rings. The zero-order valence-electron chi connectivity index (χ0n) is 19.9. The fourth-order valence-corrected chi connectivity index (χ4v) is 4.16. The first kappa shape index (κ1) is 25.3. The Morgan fingerprint density at radius 2 is 1.69 bits per heavy atom. The number of nitrogens with zero attached hydrogens (tertiary/aromatic N) is 4. The molecule has 1 saturated heterocycles. The number of fused-ring (bicyclic) bond motifs is 1. The molecule has 0 spiro atoms. The third-order valence-corrected chi connectivity index (χ3v) is 6.22. The first-order valence-electron chi connectivity index (χ1n) is 11.3. The highest BCUT2D eigenvalue weighted by Gasteiger charge is 2.26. The van der Waals surface area contributed by atoms with Gasteiger partial charge < -0.3 is 30.7 Å². The number of amides is 1. The quantitative estimate of drug-likeness (QED) is 0.504. The maximum absolute atomic E-state index is 15.1. The molecule has 9 nitrogen and oxygen atoms in total. The van der Waals surface area contributed by atoms with Crippen LogP contribution in [0.15, 0.2) is 30.3 Å². The Labute approximate surface area is 205 Å². The van der Waals surface area contributed by atoms with Gasteiger partial charge in [-0.25, -0.2) is 18.2 Å². The third kappa shape index (κ3) is 4.94. The Morgan fingerprint density at radius 1 is 1.06 bits per heavy atom. The normalized spacial score (nSPS) is 14.9. The highest BCUT2D eigenvalue weighted by atomic mass is 19.3. The maximum Gasteiger partial charge on any atom is 0.263 e. The number of ether oxygens (including phenoxy) is 2. The molecule has 3 aromatic rings. The second-order valence-corrected chi connectivity index (χ2v) is 8.38. The SMILES string of the molecule is COc1cc2c(N)nc(N3CCN(C(=O)CC(N)c4ccc(C(F)F)cc4)CC3)nc2c(F)c1OC. The van der Waals surface area contributed by atoms with E-state index in [1.807, 2.05) is 4.90 Å². The molecule has 1 unspecified atom stereocenters. The van der Waals surface area contributed by atoms with E-state index in [2.05, 4.69) is 9.97 Å². The van der Waals surface area contributed by atoms with Crippen LogP contribution in [0.4, 0.5) is 24.9 Å². The van der Waals surface area contributed by atoms with E-state index in [-0.39, 0.29) is 46.7 Å². The summed E-state index contributed by atoms with van der Waals surface area (Å²) in [5.74, 6) is -0.412. The van der Waals surface area contributed by atoms with E-state index in [0.717, 1.165) is 0 Å². The van der Waals surface area contributed by atoms with Gasteiger partial charge in [0, 0.05) is 49.6 Å². The Bertz CT molecular complexity index is 1250. The van der Waals surface area contributed by atoms with Gasteiger partial charge >= 0.3 is 0 Å². The molecule has 12 heteroatoms. The summed E-state index contributed by atoms with van der Waals surface area (Å²) in [4.78, 5) is 25.0. The van der Waals surface area contributed by atoms with Gasteiger partial charge in [-0.15, -0.1) is 0 Å². The van der Waals surface area contributed by atoms with Crippen LogP contribution in [0.5, 0.6) is 11.5 Å². The molecule has 1 aliphatic heterocycles. The van der Waals surface area contributed by atoms with Crippen LogP contribution in [0, 0.1) is 5.82 Å². The number of hydrogen-bond acceptors (Lipinski definition) is 8. The number of methoxy groups -OCH3 is 2. The Kier molecular flexibility index (Phi) is 7.34. The molecular weight excluding hydrogens is 477 g/mol. The van der Waals surface area contributed by atoms with Gasteiger partial charge in [-0.3, -0.25) is 4.79 Å². The van der Waals surface area contributed by atoms with Crippen molar-refractivity contribution < 1.29 is 27.4 Å². The Balaban J connectivity index is 1.43. The van der Waals surface area contributed by atoms with Gasteiger partial charge in [0.25, 0.3) is 6.43 Å². The number of hydrogen-bond donors (Lipinski definition) is 2. The minimum atomic E-state index is -2.56. The third-order valence-electron chi connectivity index (χ3n) is 6.22. The molecule has 2 aromatic carbocycles. The molecule has 0 aliphatic carbocycles. The van der Waals surface area contributed by atoms with Gasteiger partial charge in [-0.1, -0.05) is 24.3 Å². The van der Waals surface area contributed by atoms with E-state index in [0.29, 0.717) is 37.1 Å². The smallest absolute Gasteiger partial charge is 0.263 e. The molecule has 1 aromatic heterocycles. The van der Waals surface area contributed by atoms with Crippen molar-refractivity contribution in [3.8, 4) is 11.5 Å². The summed E-state index contributed by atoms with van der Waals surface area (Å²) >= 11 is 0. The van der Waals surface area contributed by atoms with Crippen LogP contribution in [-0.2, 0) is 4.79 Å². The van der Waals surface area contributed by atoms with Crippen molar-refractivity contribution in [2.45, 2.75) is 18.9 Å². The van der Waals surface area contributed by atoms with Crippen LogP contribution in [0.2, 0.25) is 0 Å². The van der Waals surface area contributed by atoms with Crippen molar-refractivity contribution >= 4 is 28.6 Å². The molecular formula is C24H27F3N6O3. The number of nitrogens with two attached hydrogens (primary N) is 2. The first-order valence-corrected chi connectivity index (χ1v) is 11.3. The minimum absolute atomic E-state index is 0.0116. The monoisotopic (exact) mass is 504 g/mol. The Morgan fingerprint density at radius 3 is 2.28 bits per heavy atom. The number of anilines is 2. The second kappa shape index (κ2) is 10.4. The first-order chi connectivity index (χ1) is 17.2. The van der Waals surface area contributed by atoms with Crippen molar-refractivity contribution in [2.24, 2.45) is 5.73 Å². The minimum Gasteiger partial charge on any atom is -0.493 e. The van der Waals surface area contributed by atoms with Gasteiger partial charge in [-0.2, -0.15) is 4.98 Å². The number of piperazine rings is 1. The largest absolute Gasteiger partial charge is 0.493 e. The average molecular weight is 505 g/mol. The molecule has 0 saturated carbocycles. The second-order valence-electron chi connectivity index (χ2n) is 8.38. The van der Waals surface area contributed by atoms with Crippen molar-refractivity contribution in [3.05, 3.63) is 47.3 Å². The van der Waals surface area contributed by atoms with E-state index < -0.39 is 18.3 Å². The molecule has 36 heavy (non-hydrogen) atoms. The Hall–Kier alpha value is -3.80. The van der Waals surface area contributed by atoms with Gasteiger partial charge in [-0.05, 0) is 11.6 Å². The van der Waals surface area contributed by atoms with Crippen LogP contribution >= 0.6 is 0 Å². The fourth-order valence-electron chi connectivity index (χ4n) is 4.16. The summed E-state index contributed by atoms with van der Waals surface area (Å²) < 4.78 is 50.8. The highest BCUT2D eigenvalue weighted by Crippen LogP contribution is 2.37. The van der Waals surface area contributed by atoms with E-state index in [4.69, 9.17) is 20.9 Å².